The lowest BCUT2D eigenvalue weighted by molar-refractivity contribution is 0.588. The summed E-state index contributed by atoms with van der Waals surface area (Å²) in [6, 6.07) is 5.26. The van der Waals surface area contributed by atoms with E-state index < -0.39 is 10.0 Å². The fourth-order valence-corrected chi connectivity index (χ4v) is 1.77. The summed E-state index contributed by atoms with van der Waals surface area (Å²) < 4.78 is 23.4. The molecule has 2 rings (SSSR count). The quantitative estimate of drug-likeness (QED) is 0.698. The highest BCUT2D eigenvalue weighted by Crippen LogP contribution is 2.08. The van der Waals surface area contributed by atoms with E-state index in [0.29, 0.717) is 5.52 Å². The fourth-order valence-electron chi connectivity index (χ4n) is 1.13. The van der Waals surface area contributed by atoms with E-state index >= 15 is 0 Å². The van der Waals surface area contributed by atoms with Crippen LogP contribution >= 0.6 is 0 Å². The van der Waals surface area contributed by atoms with E-state index in [-0.39, 0.29) is 5.16 Å². The van der Waals surface area contributed by atoms with Crippen molar-refractivity contribution in [1.82, 2.24) is 9.38 Å². The van der Waals surface area contributed by atoms with Crippen molar-refractivity contribution in [2.24, 2.45) is 5.14 Å². The van der Waals surface area contributed by atoms with Crippen LogP contribution in [0, 0.1) is 0 Å². The number of fused-ring (bicyclic) bond motifs is 1. The van der Waals surface area contributed by atoms with Gasteiger partial charge in [-0.3, -0.25) is 4.40 Å². The summed E-state index contributed by atoms with van der Waals surface area (Å²) in [6.45, 7) is 0. The van der Waals surface area contributed by atoms with Crippen molar-refractivity contribution in [3.05, 3.63) is 30.6 Å². The van der Waals surface area contributed by atoms with E-state index in [2.05, 4.69) is 4.98 Å². The van der Waals surface area contributed by atoms with Gasteiger partial charge in [0, 0.05) is 6.20 Å². The number of hydrogen-bond donors (Lipinski definition) is 1. The summed E-state index contributed by atoms with van der Waals surface area (Å²) in [5.41, 5.74) is 0.700. The molecule has 2 aromatic heterocycles. The Hall–Kier alpha value is -1.40. The minimum Gasteiger partial charge on any atom is -0.290 e. The van der Waals surface area contributed by atoms with Gasteiger partial charge >= 0.3 is 0 Å². The number of pyridine rings is 1. The van der Waals surface area contributed by atoms with Crippen molar-refractivity contribution in [2.75, 3.05) is 0 Å². The van der Waals surface area contributed by atoms with E-state index in [1.165, 1.54) is 10.6 Å². The summed E-state index contributed by atoms with van der Waals surface area (Å²) in [5, 5.41) is 4.82. The van der Waals surface area contributed by atoms with E-state index in [1.807, 2.05) is 0 Å². The molecule has 0 atom stereocenters. The van der Waals surface area contributed by atoms with Gasteiger partial charge in [0.15, 0.2) is 0 Å². The predicted octanol–water partition coefficient (Wildman–Crippen LogP) is -0.0183. The molecule has 2 N–H and O–H groups in total. The first-order valence-electron chi connectivity index (χ1n) is 3.54. The van der Waals surface area contributed by atoms with Crippen LogP contribution in [-0.2, 0) is 10.0 Å². The molecule has 0 aliphatic heterocycles. The van der Waals surface area contributed by atoms with E-state index in [4.69, 9.17) is 5.14 Å². The average molecular weight is 197 g/mol. The minimum absolute atomic E-state index is 0.136. The number of nitrogens with two attached hydrogens (primary N) is 1. The van der Waals surface area contributed by atoms with E-state index in [0.717, 1.165) is 0 Å². The normalized spacial score (nSPS) is 12.1. The maximum Gasteiger partial charge on any atom is 0.272 e. The number of primary sulfonamides is 1. The Morgan fingerprint density at radius 3 is 2.85 bits per heavy atom. The van der Waals surface area contributed by atoms with Crippen LogP contribution in [0.1, 0.15) is 0 Å². The van der Waals surface area contributed by atoms with Gasteiger partial charge in [-0.15, -0.1) is 0 Å². The number of imidazole rings is 1. The number of sulfonamides is 1. The topological polar surface area (TPSA) is 77.5 Å². The summed E-state index contributed by atoms with van der Waals surface area (Å²) in [5.74, 6) is 0. The Labute approximate surface area is 74.9 Å². The van der Waals surface area contributed by atoms with Crippen molar-refractivity contribution < 1.29 is 8.42 Å². The predicted molar refractivity (Wildman–Crippen MR) is 46.6 cm³/mol. The van der Waals surface area contributed by atoms with Gasteiger partial charge in [-0.05, 0) is 12.1 Å². The first-order valence-corrected chi connectivity index (χ1v) is 5.08. The second-order valence-electron chi connectivity index (χ2n) is 2.58. The highest BCUT2D eigenvalue weighted by molar-refractivity contribution is 7.89. The van der Waals surface area contributed by atoms with Gasteiger partial charge in [-0.25, -0.2) is 18.5 Å². The number of hydrogen-bond acceptors (Lipinski definition) is 3. The second kappa shape index (κ2) is 2.54. The molecule has 0 aliphatic carbocycles. The number of rotatable bonds is 1. The fraction of sp³-hybridized carbons (Fsp3) is 0. The Kier molecular flexibility index (Phi) is 1.61. The van der Waals surface area contributed by atoms with Crippen molar-refractivity contribution in [1.29, 1.82) is 0 Å². The van der Waals surface area contributed by atoms with Crippen molar-refractivity contribution in [2.45, 2.75) is 5.16 Å². The lowest BCUT2D eigenvalue weighted by Gasteiger charge is -1.96. The zero-order chi connectivity index (χ0) is 9.47. The van der Waals surface area contributed by atoms with Crippen LogP contribution in [0.15, 0.2) is 35.7 Å². The lowest BCUT2D eigenvalue weighted by Crippen LogP contribution is -2.15. The highest BCUT2D eigenvalue weighted by atomic mass is 32.2. The standard InChI is InChI=1S/C7H7N3O2S/c8-13(11,12)7-9-5-6-3-1-2-4-10(6)7/h1-5H,(H2,8,11,12). The van der Waals surface area contributed by atoms with Crippen molar-refractivity contribution >= 4 is 15.5 Å². The third-order valence-electron chi connectivity index (χ3n) is 1.66. The Morgan fingerprint density at radius 2 is 2.15 bits per heavy atom. The monoisotopic (exact) mass is 197 g/mol. The van der Waals surface area contributed by atoms with Gasteiger partial charge in [0.05, 0.1) is 11.7 Å². The first kappa shape index (κ1) is 8.21. The molecule has 0 saturated heterocycles. The average Bonchev–Trinajstić information content (AvgIpc) is 2.45. The van der Waals surface area contributed by atoms with Gasteiger partial charge in [-0.2, -0.15) is 0 Å². The molecule has 0 bridgehead atoms. The van der Waals surface area contributed by atoms with Crippen LogP contribution in [0.25, 0.3) is 5.52 Å². The molecule has 0 amide bonds. The molecule has 68 valence electrons. The molecular formula is C7H7N3O2S. The SMILES string of the molecule is NS(=O)(=O)c1ncc2ccccn12. The molecule has 2 heterocycles. The van der Waals surface area contributed by atoms with E-state index in [9.17, 15) is 8.42 Å². The third-order valence-corrected chi connectivity index (χ3v) is 2.47. The van der Waals surface area contributed by atoms with Gasteiger partial charge in [-0.1, -0.05) is 6.07 Å². The molecule has 0 unspecified atom stereocenters. The lowest BCUT2D eigenvalue weighted by atomic mass is 10.4. The maximum atomic E-state index is 11.0. The van der Waals surface area contributed by atoms with Crippen LogP contribution in [0.4, 0.5) is 0 Å². The Balaban J connectivity index is 2.87. The molecule has 0 spiro atoms. The van der Waals surface area contributed by atoms with Crippen LogP contribution in [0.5, 0.6) is 0 Å². The smallest absolute Gasteiger partial charge is 0.272 e. The number of nitrogens with zero attached hydrogens (tertiary/aromatic N) is 2. The van der Waals surface area contributed by atoms with Gasteiger partial charge < -0.3 is 0 Å². The molecule has 13 heavy (non-hydrogen) atoms. The molecule has 0 radical (unpaired) electrons. The molecule has 5 nitrogen and oxygen atoms in total. The Bertz CT molecular complexity index is 544. The van der Waals surface area contributed by atoms with Crippen LogP contribution in [0.2, 0.25) is 0 Å². The van der Waals surface area contributed by atoms with E-state index in [1.54, 1.807) is 24.4 Å². The zero-order valence-corrected chi connectivity index (χ0v) is 7.40. The summed E-state index contributed by atoms with van der Waals surface area (Å²) in [7, 11) is -3.73. The minimum atomic E-state index is -3.73. The first-order chi connectivity index (χ1) is 6.09. The van der Waals surface area contributed by atoms with Gasteiger partial charge in [0.2, 0.25) is 5.16 Å². The largest absolute Gasteiger partial charge is 0.290 e. The number of aromatic nitrogens is 2. The van der Waals surface area contributed by atoms with Crippen LogP contribution in [-0.4, -0.2) is 17.8 Å². The molecule has 0 saturated carbocycles. The van der Waals surface area contributed by atoms with Gasteiger partial charge in [0.1, 0.15) is 0 Å². The third kappa shape index (κ3) is 1.30. The molecule has 0 fully saturated rings. The summed E-state index contributed by atoms with van der Waals surface area (Å²) in [4.78, 5) is 3.72. The molecule has 6 heteroatoms. The van der Waals surface area contributed by atoms with Crippen molar-refractivity contribution in [3.63, 3.8) is 0 Å². The van der Waals surface area contributed by atoms with Crippen LogP contribution < -0.4 is 5.14 Å². The summed E-state index contributed by atoms with van der Waals surface area (Å²) >= 11 is 0. The Morgan fingerprint density at radius 1 is 1.38 bits per heavy atom. The van der Waals surface area contributed by atoms with Crippen molar-refractivity contribution in [3.8, 4) is 0 Å². The molecule has 2 aromatic rings. The van der Waals surface area contributed by atoms with Crippen LogP contribution in [0.3, 0.4) is 0 Å². The molecular weight excluding hydrogens is 190 g/mol. The summed E-state index contributed by atoms with van der Waals surface area (Å²) in [6.07, 6.45) is 3.06. The maximum absolute atomic E-state index is 11.0. The molecule has 0 aromatic carbocycles. The molecule has 0 aliphatic rings. The van der Waals surface area contributed by atoms with Gasteiger partial charge in [0.25, 0.3) is 10.0 Å². The second-order valence-corrected chi connectivity index (χ2v) is 4.04. The highest BCUT2D eigenvalue weighted by Gasteiger charge is 2.13. The zero-order valence-electron chi connectivity index (χ0n) is 6.58.